The fourth-order valence-corrected chi connectivity index (χ4v) is 1.76. The topological polar surface area (TPSA) is 61.5 Å². The molecule has 5 heteroatoms. The van der Waals surface area contributed by atoms with Crippen LogP contribution in [-0.4, -0.2) is 20.1 Å². The first kappa shape index (κ1) is 11.1. The lowest BCUT2D eigenvalue weighted by atomic mass is 10.2. The fraction of sp³-hybridized carbons (Fsp3) is 0.222. The zero-order valence-electron chi connectivity index (χ0n) is 7.83. The van der Waals surface area contributed by atoms with E-state index in [1.807, 2.05) is 0 Å². The van der Waals surface area contributed by atoms with Crippen LogP contribution in [0.3, 0.4) is 0 Å². The van der Waals surface area contributed by atoms with E-state index in [1.165, 1.54) is 14.2 Å². The van der Waals surface area contributed by atoms with Crippen LogP contribution in [0.5, 0.6) is 11.5 Å². The highest BCUT2D eigenvalue weighted by atomic mass is 127. The molecule has 0 bridgehead atoms. The van der Waals surface area contributed by atoms with Gasteiger partial charge in [0.25, 0.3) is 0 Å². The third kappa shape index (κ3) is 2.09. The molecule has 0 unspecified atom stereocenters. The normalized spacial score (nSPS) is 9.64. The number of hydrogen-bond acceptors (Lipinski definition) is 3. The molecule has 0 fully saturated rings. The summed E-state index contributed by atoms with van der Waals surface area (Å²) in [5, 5.41) is 0. The number of methoxy groups -OCH3 is 2. The van der Waals surface area contributed by atoms with Gasteiger partial charge in [0.05, 0.1) is 17.8 Å². The van der Waals surface area contributed by atoms with E-state index < -0.39 is 5.91 Å². The minimum Gasteiger partial charge on any atom is -0.495 e. The highest BCUT2D eigenvalue weighted by molar-refractivity contribution is 14.1. The molecule has 0 aliphatic rings. The van der Waals surface area contributed by atoms with Crippen LogP contribution in [0.4, 0.5) is 0 Å². The van der Waals surface area contributed by atoms with Crippen molar-refractivity contribution in [3.63, 3.8) is 0 Å². The van der Waals surface area contributed by atoms with Crippen LogP contribution < -0.4 is 15.2 Å². The van der Waals surface area contributed by atoms with Crippen LogP contribution >= 0.6 is 22.6 Å². The highest BCUT2D eigenvalue weighted by Crippen LogP contribution is 2.31. The number of carbonyl (C=O) groups is 1. The Morgan fingerprint density at radius 1 is 1.29 bits per heavy atom. The van der Waals surface area contributed by atoms with E-state index in [9.17, 15) is 4.79 Å². The summed E-state index contributed by atoms with van der Waals surface area (Å²) >= 11 is 2.08. The first-order valence-electron chi connectivity index (χ1n) is 3.81. The van der Waals surface area contributed by atoms with Gasteiger partial charge in [0.2, 0.25) is 5.91 Å². The maximum atomic E-state index is 11.0. The van der Waals surface area contributed by atoms with Gasteiger partial charge >= 0.3 is 0 Å². The van der Waals surface area contributed by atoms with Crippen LogP contribution in [0.15, 0.2) is 12.1 Å². The highest BCUT2D eigenvalue weighted by Gasteiger charge is 2.12. The lowest BCUT2D eigenvalue weighted by Gasteiger charge is -2.09. The molecular formula is C9H10INO3. The molecule has 14 heavy (non-hydrogen) atoms. The second-order valence-electron chi connectivity index (χ2n) is 2.56. The lowest BCUT2D eigenvalue weighted by Crippen LogP contribution is -2.11. The van der Waals surface area contributed by atoms with Gasteiger partial charge in [0.1, 0.15) is 11.5 Å². The SMILES string of the molecule is COc1cc(C(N)=O)cc(OC)c1I. The smallest absolute Gasteiger partial charge is 0.248 e. The van der Waals surface area contributed by atoms with Gasteiger partial charge in [0.15, 0.2) is 0 Å². The Hall–Kier alpha value is -0.980. The van der Waals surface area contributed by atoms with Crippen LogP contribution in [0.1, 0.15) is 10.4 Å². The molecule has 0 saturated carbocycles. The van der Waals surface area contributed by atoms with Crippen molar-refractivity contribution in [1.29, 1.82) is 0 Å². The predicted octanol–water partition coefficient (Wildman–Crippen LogP) is 1.41. The summed E-state index contributed by atoms with van der Waals surface area (Å²) in [6.45, 7) is 0. The van der Waals surface area contributed by atoms with Crippen LogP contribution in [0.2, 0.25) is 0 Å². The number of ether oxygens (including phenoxy) is 2. The van der Waals surface area contributed by atoms with Gasteiger partial charge in [-0.05, 0) is 34.7 Å². The molecule has 1 aromatic rings. The molecule has 0 atom stereocenters. The largest absolute Gasteiger partial charge is 0.495 e. The molecule has 1 amide bonds. The Bertz CT molecular complexity index is 340. The van der Waals surface area contributed by atoms with Gasteiger partial charge in [-0.25, -0.2) is 0 Å². The fourth-order valence-electron chi connectivity index (χ4n) is 1.01. The number of amides is 1. The Morgan fingerprint density at radius 2 is 1.71 bits per heavy atom. The lowest BCUT2D eigenvalue weighted by molar-refractivity contribution is 0.0999. The van der Waals surface area contributed by atoms with Crippen LogP contribution in [-0.2, 0) is 0 Å². The number of hydrogen-bond donors (Lipinski definition) is 1. The molecule has 0 saturated heterocycles. The summed E-state index contributed by atoms with van der Waals surface area (Å²) in [5.41, 5.74) is 5.53. The van der Waals surface area contributed by atoms with Crippen molar-refractivity contribution in [1.82, 2.24) is 0 Å². The minimum atomic E-state index is -0.502. The number of halogens is 1. The monoisotopic (exact) mass is 307 g/mol. The first-order chi connectivity index (χ1) is 6.60. The van der Waals surface area contributed by atoms with Crippen LogP contribution in [0.25, 0.3) is 0 Å². The van der Waals surface area contributed by atoms with E-state index in [-0.39, 0.29) is 0 Å². The van der Waals surface area contributed by atoms with Crippen molar-refractivity contribution in [2.45, 2.75) is 0 Å². The van der Waals surface area contributed by atoms with E-state index in [0.29, 0.717) is 17.1 Å². The number of nitrogens with two attached hydrogens (primary N) is 1. The summed E-state index contributed by atoms with van der Waals surface area (Å²) in [6, 6.07) is 3.18. The molecule has 0 aliphatic carbocycles. The molecule has 4 nitrogen and oxygen atoms in total. The molecule has 0 heterocycles. The summed E-state index contributed by atoms with van der Waals surface area (Å²) < 4.78 is 11.0. The number of primary amides is 1. The van der Waals surface area contributed by atoms with E-state index >= 15 is 0 Å². The second-order valence-corrected chi connectivity index (χ2v) is 3.64. The number of carbonyl (C=O) groups excluding carboxylic acids is 1. The minimum absolute atomic E-state index is 0.374. The maximum Gasteiger partial charge on any atom is 0.248 e. The molecule has 1 aromatic carbocycles. The predicted molar refractivity (Wildman–Crippen MR) is 60.8 cm³/mol. The molecule has 0 radical (unpaired) electrons. The van der Waals surface area contributed by atoms with Crippen molar-refractivity contribution < 1.29 is 14.3 Å². The third-order valence-electron chi connectivity index (χ3n) is 1.73. The quantitative estimate of drug-likeness (QED) is 0.859. The number of rotatable bonds is 3. The summed E-state index contributed by atoms with van der Waals surface area (Å²) in [4.78, 5) is 11.0. The van der Waals surface area contributed by atoms with Gasteiger partial charge in [0, 0.05) is 5.56 Å². The summed E-state index contributed by atoms with van der Waals surface area (Å²) in [5.74, 6) is 0.663. The Morgan fingerprint density at radius 3 is 2.00 bits per heavy atom. The summed E-state index contributed by atoms with van der Waals surface area (Å²) in [7, 11) is 3.06. The van der Waals surface area contributed by atoms with Gasteiger partial charge in [-0.1, -0.05) is 0 Å². The Kier molecular flexibility index (Phi) is 3.56. The van der Waals surface area contributed by atoms with Gasteiger partial charge < -0.3 is 15.2 Å². The van der Waals surface area contributed by atoms with Crippen molar-refractivity contribution in [3.8, 4) is 11.5 Å². The van der Waals surface area contributed by atoms with Crippen LogP contribution in [0, 0.1) is 3.57 Å². The number of benzene rings is 1. The zero-order chi connectivity index (χ0) is 10.7. The molecule has 2 N–H and O–H groups in total. The van der Waals surface area contributed by atoms with Crippen molar-refractivity contribution in [2.24, 2.45) is 5.73 Å². The van der Waals surface area contributed by atoms with Gasteiger partial charge in [-0.15, -0.1) is 0 Å². The third-order valence-corrected chi connectivity index (χ3v) is 2.79. The van der Waals surface area contributed by atoms with E-state index in [2.05, 4.69) is 22.6 Å². The van der Waals surface area contributed by atoms with Gasteiger partial charge in [-0.3, -0.25) is 4.79 Å². The van der Waals surface area contributed by atoms with Gasteiger partial charge in [-0.2, -0.15) is 0 Å². The van der Waals surface area contributed by atoms with E-state index in [0.717, 1.165) is 3.57 Å². The zero-order valence-corrected chi connectivity index (χ0v) is 9.99. The molecule has 0 aromatic heterocycles. The molecule has 1 rings (SSSR count). The summed E-state index contributed by atoms with van der Waals surface area (Å²) in [6.07, 6.45) is 0. The second kappa shape index (κ2) is 4.50. The molecular weight excluding hydrogens is 297 g/mol. The van der Waals surface area contributed by atoms with E-state index in [1.54, 1.807) is 12.1 Å². The van der Waals surface area contributed by atoms with E-state index in [4.69, 9.17) is 15.2 Å². The Labute approximate surface area is 95.5 Å². The average Bonchev–Trinajstić information content (AvgIpc) is 2.17. The molecule has 0 spiro atoms. The standard InChI is InChI=1S/C9H10INO3/c1-13-6-3-5(9(11)12)4-7(14-2)8(6)10/h3-4H,1-2H3,(H2,11,12). The average molecular weight is 307 g/mol. The maximum absolute atomic E-state index is 11.0. The molecule has 76 valence electrons. The van der Waals surface area contributed by atoms with Crippen molar-refractivity contribution in [3.05, 3.63) is 21.3 Å². The van der Waals surface area contributed by atoms with Crippen molar-refractivity contribution >= 4 is 28.5 Å². The molecule has 0 aliphatic heterocycles. The first-order valence-corrected chi connectivity index (χ1v) is 4.89. The van der Waals surface area contributed by atoms with Crippen molar-refractivity contribution in [2.75, 3.05) is 14.2 Å². The Balaban J connectivity index is 3.32.